The van der Waals surface area contributed by atoms with E-state index in [9.17, 15) is 0 Å². The molecule has 0 bridgehead atoms. The Morgan fingerprint density at radius 2 is 1.96 bits per heavy atom. The maximum Gasteiger partial charge on any atom is 0.0991 e. The Bertz CT molecular complexity index is 905. The van der Waals surface area contributed by atoms with Gasteiger partial charge in [0.15, 0.2) is 0 Å². The fourth-order valence-corrected chi connectivity index (χ4v) is 2.92. The molecule has 0 aliphatic rings. The van der Waals surface area contributed by atoms with Gasteiger partial charge in [0.05, 0.1) is 18.0 Å². The second kappa shape index (κ2) is 7.35. The number of imidazole rings is 1. The van der Waals surface area contributed by atoms with Gasteiger partial charge in [-0.05, 0) is 47.0 Å². The lowest BCUT2D eigenvalue weighted by Crippen LogP contribution is -1.99. The van der Waals surface area contributed by atoms with Crippen LogP contribution in [-0.4, -0.2) is 9.55 Å². The van der Waals surface area contributed by atoms with Crippen molar-refractivity contribution in [1.82, 2.24) is 9.55 Å². The molecule has 24 heavy (non-hydrogen) atoms. The molecule has 5 heteroatoms. The summed E-state index contributed by atoms with van der Waals surface area (Å²) in [5.74, 6) is 0. The number of halogens is 2. The monoisotopic (exact) mass is 353 g/mol. The van der Waals surface area contributed by atoms with E-state index in [1.807, 2.05) is 35.0 Å². The molecular formula is C19H13Cl2N3. The van der Waals surface area contributed by atoms with Crippen molar-refractivity contribution in [3.8, 4) is 6.07 Å². The number of nitrogens with zero attached hydrogens (tertiary/aromatic N) is 3. The van der Waals surface area contributed by atoms with Gasteiger partial charge in [-0.1, -0.05) is 41.4 Å². The van der Waals surface area contributed by atoms with E-state index in [-0.39, 0.29) is 0 Å². The number of nitriles is 1. The summed E-state index contributed by atoms with van der Waals surface area (Å²) in [7, 11) is 0. The highest BCUT2D eigenvalue weighted by Crippen LogP contribution is 2.29. The Labute approximate surface area is 150 Å². The molecule has 3 rings (SSSR count). The standard InChI is InChI=1S/C19H13Cl2N3/c20-17-5-6-18(19(21)10-17)16(12-24-8-7-23-13-24)9-14-1-3-15(11-22)4-2-14/h1-10,13H,12H2. The van der Waals surface area contributed by atoms with Gasteiger partial charge < -0.3 is 4.57 Å². The zero-order valence-electron chi connectivity index (χ0n) is 12.7. The molecule has 1 heterocycles. The molecular weight excluding hydrogens is 341 g/mol. The summed E-state index contributed by atoms with van der Waals surface area (Å²) in [6.07, 6.45) is 7.45. The molecule has 0 N–H and O–H groups in total. The smallest absolute Gasteiger partial charge is 0.0991 e. The molecule has 1 aromatic heterocycles. The highest BCUT2D eigenvalue weighted by molar-refractivity contribution is 6.35. The summed E-state index contributed by atoms with van der Waals surface area (Å²) >= 11 is 12.4. The lowest BCUT2D eigenvalue weighted by atomic mass is 10.0. The maximum absolute atomic E-state index is 8.92. The van der Waals surface area contributed by atoms with E-state index in [0.717, 1.165) is 16.7 Å². The van der Waals surface area contributed by atoms with Gasteiger partial charge in [0.25, 0.3) is 0 Å². The average molecular weight is 354 g/mol. The zero-order chi connectivity index (χ0) is 16.9. The molecule has 3 aromatic rings. The SMILES string of the molecule is N#Cc1ccc(C=C(Cn2ccnc2)c2ccc(Cl)cc2Cl)cc1. The van der Waals surface area contributed by atoms with Crippen LogP contribution in [0.25, 0.3) is 11.6 Å². The zero-order valence-corrected chi connectivity index (χ0v) is 14.2. The second-order valence-corrected chi connectivity index (χ2v) is 6.11. The first-order valence-corrected chi connectivity index (χ1v) is 8.03. The van der Waals surface area contributed by atoms with Crippen LogP contribution in [0, 0.1) is 11.3 Å². The van der Waals surface area contributed by atoms with Gasteiger partial charge in [-0.3, -0.25) is 0 Å². The normalized spacial score (nSPS) is 11.3. The Morgan fingerprint density at radius 3 is 2.58 bits per heavy atom. The summed E-state index contributed by atoms with van der Waals surface area (Å²) in [5, 5.41) is 10.1. The predicted molar refractivity (Wildman–Crippen MR) is 97.7 cm³/mol. The lowest BCUT2D eigenvalue weighted by molar-refractivity contribution is 0.836. The predicted octanol–water partition coefficient (Wildman–Crippen LogP) is 5.30. The molecule has 0 atom stereocenters. The second-order valence-electron chi connectivity index (χ2n) is 5.26. The maximum atomic E-state index is 8.92. The molecule has 0 radical (unpaired) electrons. The molecule has 0 spiro atoms. The molecule has 0 amide bonds. The Balaban J connectivity index is 2.03. The third-order valence-electron chi connectivity index (χ3n) is 3.57. The van der Waals surface area contributed by atoms with Gasteiger partial charge in [-0.15, -0.1) is 0 Å². The minimum atomic E-state index is 0.600. The number of allylic oxidation sites excluding steroid dienone is 1. The van der Waals surface area contributed by atoms with E-state index in [2.05, 4.69) is 17.1 Å². The highest BCUT2D eigenvalue weighted by Gasteiger charge is 2.09. The summed E-state index contributed by atoms with van der Waals surface area (Å²) in [6, 6.07) is 15.0. The molecule has 0 saturated heterocycles. The van der Waals surface area contributed by atoms with E-state index in [0.29, 0.717) is 22.2 Å². The van der Waals surface area contributed by atoms with Crippen molar-refractivity contribution in [2.24, 2.45) is 0 Å². The van der Waals surface area contributed by atoms with Crippen molar-refractivity contribution in [1.29, 1.82) is 5.26 Å². The van der Waals surface area contributed by atoms with E-state index < -0.39 is 0 Å². The Hall–Kier alpha value is -2.54. The third kappa shape index (κ3) is 3.86. The van der Waals surface area contributed by atoms with Gasteiger partial charge in [0, 0.05) is 29.0 Å². The molecule has 0 aliphatic heterocycles. The van der Waals surface area contributed by atoms with Crippen LogP contribution < -0.4 is 0 Å². The summed E-state index contributed by atoms with van der Waals surface area (Å²) in [6.45, 7) is 0.626. The van der Waals surface area contributed by atoms with Crippen LogP contribution in [0.15, 0.2) is 61.2 Å². The van der Waals surface area contributed by atoms with Crippen molar-refractivity contribution >= 4 is 34.9 Å². The molecule has 0 fully saturated rings. The van der Waals surface area contributed by atoms with Crippen LogP contribution in [0.1, 0.15) is 16.7 Å². The van der Waals surface area contributed by atoms with E-state index >= 15 is 0 Å². The molecule has 0 saturated carbocycles. The minimum absolute atomic E-state index is 0.600. The van der Waals surface area contributed by atoms with Crippen molar-refractivity contribution in [3.05, 3.63) is 87.9 Å². The van der Waals surface area contributed by atoms with Crippen molar-refractivity contribution in [2.45, 2.75) is 6.54 Å². The number of aromatic nitrogens is 2. The van der Waals surface area contributed by atoms with Crippen molar-refractivity contribution < 1.29 is 0 Å². The molecule has 2 aromatic carbocycles. The lowest BCUT2D eigenvalue weighted by Gasteiger charge is -2.12. The van der Waals surface area contributed by atoms with Crippen LogP contribution in [0.5, 0.6) is 0 Å². The van der Waals surface area contributed by atoms with Gasteiger partial charge in [-0.25, -0.2) is 4.98 Å². The van der Waals surface area contributed by atoms with Crippen LogP contribution in [0.3, 0.4) is 0 Å². The van der Waals surface area contributed by atoms with Crippen LogP contribution in [-0.2, 0) is 6.54 Å². The third-order valence-corrected chi connectivity index (χ3v) is 4.12. The largest absolute Gasteiger partial charge is 0.333 e. The fraction of sp³-hybridized carbons (Fsp3) is 0.0526. The van der Waals surface area contributed by atoms with Gasteiger partial charge in [-0.2, -0.15) is 5.26 Å². The minimum Gasteiger partial charge on any atom is -0.333 e. The fourth-order valence-electron chi connectivity index (χ4n) is 2.39. The van der Waals surface area contributed by atoms with E-state index in [4.69, 9.17) is 28.5 Å². The Kier molecular flexibility index (Phi) is 5.00. The summed E-state index contributed by atoms with van der Waals surface area (Å²) in [5.41, 5.74) is 3.57. The first kappa shape index (κ1) is 16.3. The topological polar surface area (TPSA) is 41.6 Å². The highest BCUT2D eigenvalue weighted by atomic mass is 35.5. The number of benzene rings is 2. The van der Waals surface area contributed by atoms with Crippen LogP contribution in [0.4, 0.5) is 0 Å². The van der Waals surface area contributed by atoms with E-state index in [1.165, 1.54) is 0 Å². The molecule has 118 valence electrons. The molecule has 0 aliphatic carbocycles. The van der Waals surface area contributed by atoms with Crippen molar-refractivity contribution in [3.63, 3.8) is 0 Å². The average Bonchev–Trinajstić information content (AvgIpc) is 3.08. The Morgan fingerprint density at radius 1 is 1.17 bits per heavy atom. The van der Waals surface area contributed by atoms with Crippen LogP contribution in [0.2, 0.25) is 10.0 Å². The molecule has 0 unspecified atom stereocenters. The summed E-state index contributed by atoms with van der Waals surface area (Å²) < 4.78 is 1.97. The quantitative estimate of drug-likeness (QED) is 0.597. The molecule has 3 nitrogen and oxygen atoms in total. The van der Waals surface area contributed by atoms with Gasteiger partial charge >= 0.3 is 0 Å². The number of rotatable bonds is 4. The number of hydrogen-bond donors (Lipinski definition) is 0. The van der Waals surface area contributed by atoms with Gasteiger partial charge in [0.2, 0.25) is 0 Å². The first-order chi connectivity index (χ1) is 11.7. The van der Waals surface area contributed by atoms with Crippen LogP contribution >= 0.6 is 23.2 Å². The van der Waals surface area contributed by atoms with Gasteiger partial charge in [0.1, 0.15) is 0 Å². The van der Waals surface area contributed by atoms with E-state index in [1.54, 1.807) is 30.7 Å². The first-order valence-electron chi connectivity index (χ1n) is 7.27. The van der Waals surface area contributed by atoms with Crippen molar-refractivity contribution in [2.75, 3.05) is 0 Å². The summed E-state index contributed by atoms with van der Waals surface area (Å²) in [4.78, 5) is 4.08. The number of hydrogen-bond acceptors (Lipinski definition) is 2.